The summed E-state index contributed by atoms with van der Waals surface area (Å²) in [5, 5.41) is 0. The lowest BCUT2D eigenvalue weighted by Gasteiger charge is -2.03. The largest absolute Gasteiger partial charge is 0.466 e. The van der Waals surface area contributed by atoms with Crippen molar-refractivity contribution in [2.75, 3.05) is 13.7 Å². The van der Waals surface area contributed by atoms with E-state index in [2.05, 4.69) is 17.9 Å². The van der Waals surface area contributed by atoms with Crippen LogP contribution >= 0.6 is 0 Å². The van der Waals surface area contributed by atoms with Crippen LogP contribution in [0.2, 0.25) is 0 Å². The number of hydrogen-bond acceptors (Lipinski definition) is 4. The lowest BCUT2D eigenvalue weighted by atomic mass is 10.2. The maximum atomic E-state index is 10.9. The van der Waals surface area contributed by atoms with Gasteiger partial charge in [0.1, 0.15) is 0 Å². The molecule has 0 aliphatic carbocycles. The quantitative estimate of drug-likeness (QED) is 0.366. The highest BCUT2D eigenvalue weighted by molar-refractivity contribution is 5.87. The van der Waals surface area contributed by atoms with Crippen LogP contribution in [0.5, 0.6) is 0 Å². The molecule has 4 heteroatoms. The van der Waals surface area contributed by atoms with Crippen molar-refractivity contribution in [2.24, 2.45) is 0 Å². The van der Waals surface area contributed by atoms with Crippen molar-refractivity contribution in [3.05, 3.63) is 24.8 Å². The second-order valence-corrected chi connectivity index (χ2v) is 2.57. The third kappa shape index (κ3) is 5.13. The fourth-order valence-corrected chi connectivity index (χ4v) is 0.764. The highest BCUT2D eigenvalue weighted by atomic mass is 16.5. The Labute approximate surface area is 83.2 Å². The van der Waals surface area contributed by atoms with Crippen molar-refractivity contribution >= 4 is 11.9 Å². The van der Waals surface area contributed by atoms with Gasteiger partial charge in [0.15, 0.2) is 0 Å². The Bertz CT molecular complexity index is 243. The molecule has 0 heterocycles. The van der Waals surface area contributed by atoms with E-state index in [1.165, 1.54) is 7.11 Å². The molecule has 0 saturated heterocycles. The van der Waals surface area contributed by atoms with E-state index in [0.29, 0.717) is 18.4 Å². The van der Waals surface area contributed by atoms with E-state index in [1.807, 2.05) is 0 Å². The second kappa shape index (κ2) is 6.88. The Kier molecular flexibility index (Phi) is 6.11. The SMILES string of the molecule is C=CC(=O)OCCCC(=C)C(=O)OC. The van der Waals surface area contributed by atoms with Crippen LogP contribution < -0.4 is 0 Å². The van der Waals surface area contributed by atoms with Gasteiger partial charge in [-0.15, -0.1) is 0 Å². The first-order chi connectivity index (χ1) is 6.61. The molecule has 0 bridgehead atoms. The van der Waals surface area contributed by atoms with Crippen molar-refractivity contribution in [1.82, 2.24) is 0 Å². The molecule has 0 aromatic rings. The Morgan fingerprint density at radius 1 is 1.43 bits per heavy atom. The van der Waals surface area contributed by atoms with Crippen LogP contribution in [-0.4, -0.2) is 25.7 Å². The first-order valence-corrected chi connectivity index (χ1v) is 4.17. The number of carbonyl (C=O) groups is 2. The molecule has 78 valence electrons. The van der Waals surface area contributed by atoms with E-state index in [1.54, 1.807) is 0 Å². The number of ether oxygens (including phenoxy) is 2. The van der Waals surface area contributed by atoms with Crippen molar-refractivity contribution < 1.29 is 19.1 Å². The molecule has 0 unspecified atom stereocenters. The van der Waals surface area contributed by atoms with E-state index in [-0.39, 0.29) is 6.61 Å². The molecule has 14 heavy (non-hydrogen) atoms. The van der Waals surface area contributed by atoms with Crippen LogP contribution in [0.25, 0.3) is 0 Å². The summed E-state index contributed by atoms with van der Waals surface area (Å²) in [7, 11) is 1.30. The van der Waals surface area contributed by atoms with E-state index in [9.17, 15) is 9.59 Å². The normalized spacial score (nSPS) is 8.93. The maximum absolute atomic E-state index is 10.9. The Morgan fingerprint density at radius 2 is 2.07 bits per heavy atom. The predicted molar refractivity (Wildman–Crippen MR) is 51.5 cm³/mol. The molecule has 0 aliphatic rings. The van der Waals surface area contributed by atoms with Gasteiger partial charge >= 0.3 is 11.9 Å². The van der Waals surface area contributed by atoms with E-state index >= 15 is 0 Å². The summed E-state index contributed by atoms with van der Waals surface area (Å²) >= 11 is 0. The molecule has 0 radical (unpaired) electrons. The number of methoxy groups -OCH3 is 1. The zero-order valence-corrected chi connectivity index (χ0v) is 8.25. The summed E-state index contributed by atoms with van der Waals surface area (Å²) < 4.78 is 9.15. The van der Waals surface area contributed by atoms with Gasteiger partial charge in [-0.2, -0.15) is 0 Å². The minimum absolute atomic E-state index is 0.251. The van der Waals surface area contributed by atoms with Crippen LogP contribution in [0.1, 0.15) is 12.8 Å². The predicted octanol–water partition coefficient (Wildman–Crippen LogP) is 1.22. The summed E-state index contributed by atoms with van der Waals surface area (Å²) in [6.07, 6.45) is 2.10. The Balaban J connectivity index is 3.55. The molecule has 4 nitrogen and oxygen atoms in total. The first kappa shape index (κ1) is 12.4. The average Bonchev–Trinajstić information content (AvgIpc) is 2.22. The molecule has 0 aliphatic heterocycles. The number of hydrogen-bond donors (Lipinski definition) is 0. The van der Waals surface area contributed by atoms with Gasteiger partial charge < -0.3 is 9.47 Å². The van der Waals surface area contributed by atoms with Crippen LogP contribution in [0.3, 0.4) is 0 Å². The van der Waals surface area contributed by atoms with E-state index in [4.69, 9.17) is 4.74 Å². The molecular weight excluding hydrogens is 184 g/mol. The van der Waals surface area contributed by atoms with Gasteiger partial charge in [-0.05, 0) is 12.8 Å². The van der Waals surface area contributed by atoms with Gasteiger partial charge in [-0.1, -0.05) is 13.2 Å². The molecule has 0 spiro atoms. The van der Waals surface area contributed by atoms with E-state index < -0.39 is 11.9 Å². The molecule has 0 aromatic carbocycles. The number of carbonyl (C=O) groups excluding carboxylic acids is 2. The van der Waals surface area contributed by atoms with Gasteiger partial charge in [0, 0.05) is 11.6 Å². The molecule has 0 atom stereocenters. The third-order valence-corrected chi connectivity index (χ3v) is 1.51. The zero-order chi connectivity index (χ0) is 11.0. The van der Waals surface area contributed by atoms with Gasteiger partial charge in [0.25, 0.3) is 0 Å². The van der Waals surface area contributed by atoms with Gasteiger partial charge in [-0.25, -0.2) is 9.59 Å². The number of esters is 2. The van der Waals surface area contributed by atoms with Crippen molar-refractivity contribution in [3.63, 3.8) is 0 Å². The van der Waals surface area contributed by atoms with Crippen molar-refractivity contribution in [3.8, 4) is 0 Å². The third-order valence-electron chi connectivity index (χ3n) is 1.51. The Morgan fingerprint density at radius 3 is 2.57 bits per heavy atom. The Hall–Kier alpha value is -1.58. The van der Waals surface area contributed by atoms with Crippen molar-refractivity contribution in [2.45, 2.75) is 12.8 Å². The topological polar surface area (TPSA) is 52.6 Å². The lowest BCUT2D eigenvalue weighted by Crippen LogP contribution is -2.06. The zero-order valence-electron chi connectivity index (χ0n) is 8.25. The van der Waals surface area contributed by atoms with Crippen LogP contribution in [0.15, 0.2) is 24.8 Å². The molecule has 0 amide bonds. The summed E-state index contributed by atoms with van der Waals surface area (Å²) in [5.41, 5.74) is 0.377. The summed E-state index contributed by atoms with van der Waals surface area (Å²) in [6, 6.07) is 0. The molecule has 0 fully saturated rings. The first-order valence-electron chi connectivity index (χ1n) is 4.17. The van der Waals surface area contributed by atoms with Crippen LogP contribution in [0.4, 0.5) is 0 Å². The molecule has 0 rings (SSSR count). The van der Waals surface area contributed by atoms with Crippen molar-refractivity contribution in [1.29, 1.82) is 0 Å². The monoisotopic (exact) mass is 198 g/mol. The standard InChI is InChI=1S/C10H14O4/c1-4-9(11)14-7-5-6-8(2)10(12)13-3/h4H,1-2,5-7H2,3H3. The fraction of sp³-hybridized carbons (Fsp3) is 0.400. The highest BCUT2D eigenvalue weighted by Gasteiger charge is 2.05. The average molecular weight is 198 g/mol. The maximum Gasteiger partial charge on any atom is 0.333 e. The van der Waals surface area contributed by atoms with Gasteiger partial charge in [0.2, 0.25) is 0 Å². The minimum atomic E-state index is -0.464. The summed E-state index contributed by atoms with van der Waals surface area (Å²) in [4.78, 5) is 21.4. The van der Waals surface area contributed by atoms with Gasteiger partial charge in [-0.3, -0.25) is 0 Å². The number of rotatable bonds is 6. The van der Waals surface area contributed by atoms with Gasteiger partial charge in [0.05, 0.1) is 13.7 Å². The summed E-state index contributed by atoms with van der Waals surface area (Å²) in [5.74, 6) is -0.895. The fourth-order valence-electron chi connectivity index (χ4n) is 0.764. The smallest absolute Gasteiger partial charge is 0.333 e. The molecule has 0 saturated carbocycles. The molecule has 0 aromatic heterocycles. The summed E-state index contributed by atoms with van der Waals surface area (Å²) in [6.45, 7) is 7.03. The highest BCUT2D eigenvalue weighted by Crippen LogP contribution is 2.04. The molecular formula is C10H14O4. The van der Waals surface area contributed by atoms with E-state index in [0.717, 1.165) is 6.08 Å². The lowest BCUT2D eigenvalue weighted by molar-refractivity contribution is -0.137. The van der Waals surface area contributed by atoms with Crippen LogP contribution in [0, 0.1) is 0 Å². The van der Waals surface area contributed by atoms with Crippen LogP contribution in [-0.2, 0) is 19.1 Å². The second-order valence-electron chi connectivity index (χ2n) is 2.57. The minimum Gasteiger partial charge on any atom is -0.466 e. The molecule has 0 N–H and O–H groups in total.